The number of aryl methyl sites for hydroxylation is 2. The lowest BCUT2D eigenvalue weighted by Gasteiger charge is -2.23. The number of hydrogen-bond donors (Lipinski definition) is 1. The van der Waals surface area contributed by atoms with Gasteiger partial charge in [0.05, 0.1) is 7.11 Å². The maximum absolute atomic E-state index is 13.4. The molecule has 0 saturated carbocycles. The quantitative estimate of drug-likeness (QED) is 0.864. The summed E-state index contributed by atoms with van der Waals surface area (Å²) in [6, 6.07) is 1.88. The van der Waals surface area contributed by atoms with E-state index in [0.29, 0.717) is 11.1 Å². The Labute approximate surface area is 136 Å². The summed E-state index contributed by atoms with van der Waals surface area (Å²) in [5, 5.41) is 2.51. The SMILES string of the molecule is COC(=O)[C@H](Cc1c(C)cc(F)cc1C)NC(=O)OC(C)(C)C. The van der Waals surface area contributed by atoms with Gasteiger partial charge in [0.1, 0.15) is 17.5 Å². The van der Waals surface area contributed by atoms with Crippen LogP contribution in [0.3, 0.4) is 0 Å². The normalized spacial score (nSPS) is 12.5. The average molecular weight is 325 g/mol. The Morgan fingerprint density at radius 1 is 1.22 bits per heavy atom. The predicted octanol–water partition coefficient (Wildman–Crippen LogP) is 3.05. The Morgan fingerprint density at radius 2 is 1.74 bits per heavy atom. The first kappa shape index (κ1) is 18.9. The molecule has 0 radical (unpaired) electrons. The van der Waals surface area contributed by atoms with Crippen LogP contribution in [0.25, 0.3) is 0 Å². The van der Waals surface area contributed by atoms with E-state index in [2.05, 4.69) is 5.32 Å². The summed E-state index contributed by atoms with van der Waals surface area (Å²) in [6.45, 7) is 8.70. The van der Waals surface area contributed by atoms with E-state index in [1.54, 1.807) is 34.6 Å². The largest absolute Gasteiger partial charge is 0.467 e. The molecule has 0 fully saturated rings. The van der Waals surface area contributed by atoms with Crippen LogP contribution in [0, 0.1) is 19.7 Å². The number of methoxy groups -OCH3 is 1. The Balaban J connectivity index is 2.97. The highest BCUT2D eigenvalue weighted by molar-refractivity contribution is 5.81. The highest BCUT2D eigenvalue weighted by Crippen LogP contribution is 2.18. The van der Waals surface area contributed by atoms with E-state index in [1.807, 2.05) is 0 Å². The summed E-state index contributed by atoms with van der Waals surface area (Å²) in [5.74, 6) is -0.919. The molecule has 23 heavy (non-hydrogen) atoms. The van der Waals surface area contributed by atoms with Crippen molar-refractivity contribution in [2.75, 3.05) is 7.11 Å². The number of halogens is 1. The summed E-state index contributed by atoms with van der Waals surface area (Å²) in [4.78, 5) is 23.8. The van der Waals surface area contributed by atoms with Crippen LogP contribution in [0.4, 0.5) is 9.18 Å². The number of nitrogens with one attached hydrogen (secondary N) is 1. The Bertz CT molecular complexity index is 570. The van der Waals surface area contributed by atoms with Crippen molar-refractivity contribution >= 4 is 12.1 Å². The fourth-order valence-electron chi connectivity index (χ4n) is 2.25. The molecule has 1 amide bonds. The van der Waals surface area contributed by atoms with Crippen LogP contribution in [0.1, 0.15) is 37.5 Å². The van der Waals surface area contributed by atoms with Crippen LogP contribution in [0.15, 0.2) is 12.1 Å². The molecule has 1 aromatic rings. The molecule has 0 aromatic heterocycles. The highest BCUT2D eigenvalue weighted by atomic mass is 19.1. The molecule has 0 heterocycles. The minimum absolute atomic E-state index is 0.198. The van der Waals surface area contributed by atoms with Gasteiger partial charge in [-0.3, -0.25) is 0 Å². The molecule has 0 saturated heterocycles. The van der Waals surface area contributed by atoms with Crippen molar-refractivity contribution in [3.63, 3.8) is 0 Å². The molecule has 1 atom stereocenters. The number of amides is 1. The number of esters is 1. The van der Waals surface area contributed by atoms with Crippen molar-refractivity contribution in [2.24, 2.45) is 0 Å². The first-order chi connectivity index (χ1) is 10.5. The van der Waals surface area contributed by atoms with E-state index in [0.717, 1.165) is 5.56 Å². The van der Waals surface area contributed by atoms with Crippen LogP contribution in [0.5, 0.6) is 0 Å². The number of rotatable bonds is 4. The van der Waals surface area contributed by atoms with Crippen molar-refractivity contribution in [3.8, 4) is 0 Å². The van der Waals surface area contributed by atoms with Gasteiger partial charge in [0, 0.05) is 6.42 Å². The van der Waals surface area contributed by atoms with Crippen molar-refractivity contribution in [3.05, 3.63) is 34.6 Å². The lowest BCUT2D eigenvalue weighted by atomic mass is 9.96. The second kappa shape index (κ2) is 7.44. The van der Waals surface area contributed by atoms with Crippen LogP contribution >= 0.6 is 0 Å². The van der Waals surface area contributed by atoms with Gasteiger partial charge >= 0.3 is 12.1 Å². The van der Waals surface area contributed by atoms with Gasteiger partial charge < -0.3 is 14.8 Å². The van der Waals surface area contributed by atoms with Gasteiger partial charge in [-0.2, -0.15) is 0 Å². The van der Waals surface area contributed by atoms with E-state index in [-0.39, 0.29) is 12.2 Å². The van der Waals surface area contributed by atoms with Crippen molar-refractivity contribution in [2.45, 2.75) is 52.7 Å². The van der Waals surface area contributed by atoms with Crippen LogP contribution in [-0.4, -0.2) is 30.8 Å². The third-order valence-corrected chi connectivity index (χ3v) is 3.25. The van der Waals surface area contributed by atoms with Gasteiger partial charge in [0.15, 0.2) is 0 Å². The molecule has 1 N–H and O–H groups in total. The summed E-state index contributed by atoms with van der Waals surface area (Å²) in [7, 11) is 1.25. The number of alkyl carbamates (subject to hydrolysis) is 1. The van der Waals surface area contributed by atoms with Gasteiger partial charge in [-0.15, -0.1) is 0 Å². The molecule has 0 aliphatic carbocycles. The van der Waals surface area contributed by atoms with Gasteiger partial charge in [-0.1, -0.05) is 0 Å². The minimum Gasteiger partial charge on any atom is -0.467 e. The molecule has 128 valence electrons. The fraction of sp³-hybridized carbons (Fsp3) is 0.529. The molecular formula is C17H24FNO4. The second-order valence-electron chi connectivity index (χ2n) is 6.44. The zero-order valence-corrected chi connectivity index (χ0v) is 14.5. The maximum Gasteiger partial charge on any atom is 0.408 e. The molecule has 5 nitrogen and oxygen atoms in total. The van der Waals surface area contributed by atoms with Crippen LogP contribution < -0.4 is 5.32 Å². The number of carbonyl (C=O) groups excluding carboxylic acids is 2. The Morgan fingerprint density at radius 3 is 2.17 bits per heavy atom. The van der Waals surface area contributed by atoms with E-state index >= 15 is 0 Å². The van der Waals surface area contributed by atoms with Crippen molar-refractivity contribution in [1.82, 2.24) is 5.32 Å². The number of benzene rings is 1. The number of carbonyl (C=O) groups is 2. The zero-order chi connectivity index (χ0) is 17.8. The number of hydrogen-bond acceptors (Lipinski definition) is 4. The van der Waals surface area contributed by atoms with E-state index in [9.17, 15) is 14.0 Å². The lowest BCUT2D eigenvalue weighted by Crippen LogP contribution is -2.45. The summed E-state index contributed by atoms with van der Waals surface area (Å²) in [6.07, 6.45) is -0.505. The Kier molecular flexibility index (Phi) is 6.12. The highest BCUT2D eigenvalue weighted by Gasteiger charge is 2.26. The maximum atomic E-state index is 13.4. The topological polar surface area (TPSA) is 64.6 Å². The summed E-state index contributed by atoms with van der Waals surface area (Å²) < 4.78 is 23.3. The van der Waals surface area contributed by atoms with Crippen LogP contribution in [-0.2, 0) is 20.7 Å². The first-order valence-corrected chi connectivity index (χ1v) is 7.36. The third-order valence-electron chi connectivity index (χ3n) is 3.25. The molecule has 6 heteroatoms. The molecule has 0 spiro atoms. The smallest absolute Gasteiger partial charge is 0.408 e. The monoisotopic (exact) mass is 325 g/mol. The van der Waals surface area contributed by atoms with Gasteiger partial charge in [-0.05, 0) is 63.4 Å². The van der Waals surface area contributed by atoms with Gasteiger partial charge in [0.25, 0.3) is 0 Å². The number of ether oxygens (including phenoxy) is 2. The Hall–Kier alpha value is -2.11. The molecule has 0 bridgehead atoms. The van der Waals surface area contributed by atoms with Gasteiger partial charge in [0.2, 0.25) is 0 Å². The second-order valence-corrected chi connectivity index (χ2v) is 6.44. The van der Waals surface area contributed by atoms with E-state index in [1.165, 1.54) is 19.2 Å². The zero-order valence-electron chi connectivity index (χ0n) is 14.5. The lowest BCUT2D eigenvalue weighted by molar-refractivity contribution is -0.143. The summed E-state index contributed by atoms with van der Waals surface area (Å²) >= 11 is 0. The van der Waals surface area contributed by atoms with Crippen LogP contribution in [0.2, 0.25) is 0 Å². The molecular weight excluding hydrogens is 301 g/mol. The molecule has 0 aliphatic heterocycles. The predicted molar refractivity (Wildman–Crippen MR) is 84.8 cm³/mol. The molecule has 0 unspecified atom stereocenters. The fourth-order valence-corrected chi connectivity index (χ4v) is 2.25. The summed E-state index contributed by atoms with van der Waals surface area (Å²) in [5.41, 5.74) is 1.54. The molecule has 1 rings (SSSR count). The third kappa shape index (κ3) is 5.88. The molecule has 0 aliphatic rings. The standard InChI is InChI=1S/C17H24FNO4/c1-10-7-12(18)8-11(2)13(10)9-14(15(20)22-6)19-16(21)23-17(3,4)5/h7-8,14H,9H2,1-6H3,(H,19,21)/t14-/m0/s1. The van der Waals surface area contributed by atoms with E-state index < -0.39 is 23.7 Å². The molecule has 1 aromatic carbocycles. The van der Waals surface area contributed by atoms with Crippen molar-refractivity contribution in [1.29, 1.82) is 0 Å². The van der Waals surface area contributed by atoms with Crippen molar-refractivity contribution < 1.29 is 23.5 Å². The van der Waals surface area contributed by atoms with Gasteiger partial charge in [-0.25, -0.2) is 14.0 Å². The average Bonchev–Trinajstić information content (AvgIpc) is 2.38. The van der Waals surface area contributed by atoms with E-state index in [4.69, 9.17) is 9.47 Å². The first-order valence-electron chi connectivity index (χ1n) is 7.36. The minimum atomic E-state index is -0.905.